The van der Waals surface area contributed by atoms with Gasteiger partial charge in [-0.15, -0.1) is 0 Å². The zero-order chi connectivity index (χ0) is 18.5. The molecule has 2 aromatic rings. The van der Waals surface area contributed by atoms with E-state index in [1.54, 1.807) is 12.4 Å². The molecule has 0 bridgehead atoms. The Balaban J connectivity index is 1.39. The molecule has 142 valence electrons. The molecule has 0 radical (unpaired) electrons. The number of fused-ring (bicyclic) bond motifs is 1. The van der Waals surface area contributed by atoms with Gasteiger partial charge >= 0.3 is 0 Å². The fourth-order valence-corrected chi connectivity index (χ4v) is 4.03. The molecule has 6 nitrogen and oxygen atoms in total. The lowest BCUT2D eigenvalue weighted by molar-refractivity contribution is 0.369. The Hall–Kier alpha value is -2.63. The number of aromatic nitrogens is 2. The number of nitrogens with one attached hydrogen (secondary N) is 1. The maximum atomic E-state index is 5.00. The lowest BCUT2D eigenvalue weighted by Crippen LogP contribution is -2.53. The molecule has 0 spiro atoms. The summed E-state index contributed by atoms with van der Waals surface area (Å²) in [5, 5.41) is 3.48. The van der Waals surface area contributed by atoms with Gasteiger partial charge in [0.1, 0.15) is 0 Å². The smallest absolute Gasteiger partial charge is 0.225 e. The predicted molar refractivity (Wildman–Crippen MR) is 109 cm³/mol. The number of rotatable bonds is 4. The second-order valence-corrected chi connectivity index (χ2v) is 7.15. The Morgan fingerprint density at radius 1 is 1.11 bits per heavy atom. The van der Waals surface area contributed by atoms with Crippen LogP contribution in [0.2, 0.25) is 0 Å². The first-order valence-corrected chi connectivity index (χ1v) is 9.98. The van der Waals surface area contributed by atoms with Crippen molar-refractivity contribution in [2.24, 2.45) is 4.99 Å². The standard InChI is InChI=1S/C21H28N6/c1-2-22-20(25-16-18-9-8-17-6-3-4-7-19(17)18)26-12-14-27(15-13-26)21-23-10-5-11-24-21/h3-7,10-11,18H,2,8-9,12-16H2,1H3,(H,22,25). The third kappa shape index (κ3) is 4.04. The van der Waals surface area contributed by atoms with Gasteiger partial charge in [0.15, 0.2) is 5.96 Å². The van der Waals surface area contributed by atoms with Gasteiger partial charge in [-0.25, -0.2) is 9.97 Å². The third-order valence-corrected chi connectivity index (χ3v) is 5.47. The number of aliphatic imine (C=N–C) groups is 1. The van der Waals surface area contributed by atoms with E-state index in [4.69, 9.17) is 4.99 Å². The van der Waals surface area contributed by atoms with E-state index in [-0.39, 0.29) is 0 Å². The van der Waals surface area contributed by atoms with Gasteiger partial charge in [0.2, 0.25) is 5.95 Å². The number of piperazine rings is 1. The molecule has 2 heterocycles. The number of anilines is 1. The molecule has 1 aromatic carbocycles. The van der Waals surface area contributed by atoms with Crippen LogP contribution in [0.15, 0.2) is 47.7 Å². The molecule has 0 amide bonds. The highest BCUT2D eigenvalue weighted by atomic mass is 15.4. The lowest BCUT2D eigenvalue weighted by atomic mass is 10.0. The van der Waals surface area contributed by atoms with Crippen molar-refractivity contribution in [3.05, 3.63) is 53.9 Å². The Labute approximate surface area is 161 Å². The fourth-order valence-electron chi connectivity index (χ4n) is 4.03. The minimum absolute atomic E-state index is 0.550. The second kappa shape index (κ2) is 8.37. The zero-order valence-corrected chi connectivity index (χ0v) is 16.0. The topological polar surface area (TPSA) is 56.7 Å². The van der Waals surface area contributed by atoms with Gasteiger partial charge in [0.05, 0.1) is 0 Å². The van der Waals surface area contributed by atoms with Crippen molar-refractivity contribution in [3.63, 3.8) is 0 Å². The van der Waals surface area contributed by atoms with Gasteiger partial charge in [-0.3, -0.25) is 4.99 Å². The van der Waals surface area contributed by atoms with Crippen molar-refractivity contribution in [1.29, 1.82) is 0 Å². The first-order valence-electron chi connectivity index (χ1n) is 9.98. The summed E-state index contributed by atoms with van der Waals surface area (Å²) in [6, 6.07) is 10.7. The fraction of sp³-hybridized carbons (Fsp3) is 0.476. The number of benzene rings is 1. The molecule has 0 saturated carbocycles. The number of nitrogens with zero attached hydrogens (tertiary/aromatic N) is 5. The van der Waals surface area contributed by atoms with Crippen molar-refractivity contribution in [2.45, 2.75) is 25.7 Å². The van der Waals surface area contributed by atoms with E-state index in [1.807, 2.05) is 6.07 Å². The van der Waals surface area contributed by atoms with Crippen molar-refractivity contribution in [2.75, 3.05) is 44.2 Å². The van der Waals surface area contributed by atoms with Gasteiger partial charge in [0.25, 0.3) is 0 Å². The lowest BCUT2D eigenvalue weighted by Gasteiger charge is -2.36. The van der Waals surface area contributed by atoms with Crippen LogP contribution in [-0.4, -0.2) is 60.1 Å². The van der Waals surface area contributed by atoms with Crippen LogP contribution >= 0.6 is 0 Å². The van der Waals surface area contributed by atoms with E-state index in [1.165, 1.54) is 24.0 Å². The summed E-state index contributed by atoms with van der Waals surface area (Å²) in [6.45, 7) is 7.59. The highest BCUT2D eigenvalue weighted by Gasteiger charge is 2.24. The summed E-state index contributed by atoms with van der Waals surface area (Å²) < 4.78 is 0. The Bertz CT molecular complexity index is 767. The minimum atomic E-state index is 0.550. The molecule has 1 saturated heterocycles. The van der Waals surface area contributed by atoms with E-state index in [2.05, 4.69) is 56.3 Å². The van der Waals surface area contributed by atoms with E-state index >= 15 is 0 Å². The summed E-state index contributed by atoms with van der Waals surface area (Å²) >= 11 is 0. The van der Waals surface area contributed by atoms with Crippen LogP contribution in [0.25, 0.3) is 0 Å². The Morgan fingerprint density at radius 2 is 1.89 bits per heavy atom. The molecule has 1 N–H and O–H groups in total. The average Bonchev–Trinajstić information content (AvgIpc) is 3.15. The quantitative estimate of drug-likeness (QED) is 0.666. The Kier molecular flexibility index (Phi) is 5.51. The van der Waals surface area contributed by atoms with Crippen LogP contribution in [0.3, 0.4) is 0 Å². The summed E-state index contributed by atoms with van der Waals surface area (Å²) in [4.78, 5) is 18.3. The van der Waals surface area contributed by atoms with Gasteiger partial charge in [-0.2, -0.15) is 0 Å². The van der Waals surface area contributed by atoms with E-state index in [9.17, 15) is 0 Å². The summed E-state index contributed by atoms with van der Waals surface area (Å²) in [5.74, 6) is 2.41. The van der Waals surface area contributed by atoms with Gasteiger partial charge in [0, 0.05) is 57.6 Å². The number of guanidine groups is 1. The molecule has 4 rings (SSSR count). The molecule has 2 aliphatic rings. The van der Waals surface area contributed by atoms with Crippen LogP contribution in [-0.2, 0) is 6.42 Å². The maximum Gasteiger partial charge on any atom is 0.225 e. The van der Waals surface area contributed by atoms with E-state index < -0.39 is 0 Å². The summed E-state index contributed by atoms with van der Waals surface area (Å²) in [7, 11) is 0. The average molecular weight is 364 g/mol. The SMILES string of the molecule is CCNC(=NCC1CCc2ccccc21)N1CCN(c2ncccn2)CC1. The number of hydrogen-bond donors (Lipinski definition) is 1. The van der Waals surface area contributed by atoms with E-state index in [0.29, 0.717) is 5.92 Å². The highest BCUT2D eigenvalue weighted by molar-refractivity contribution is 5.80. The molecular formula is C21H28N6. The summed E-state index contributed by atoms with van der Waals surface area (Å²) in [6.07, 6.45) is 6.00. The van der Waals surface area contributed by atoms with Crippen molar-refractivity contribution >= 4 is 11.9 Å². The predicted octanol–water partition coefficient (Wildman–Crippen LogP) is 2.29. The first kappa shape index (κ1) is 17.8. The molecular weight excluding hydrogens is 336 g/mol. The molecule has 1 atom stereocenters. The number of hydrogen-bond acceptors (Lipinski definition) is 4. The van der Waals surface area contributed by atoms with E-state index in [0.717, 1.165) is 51.2 Å². The van der Waals surface area contributed by atoms with Crippen molar-refractivity contribution < 1.29 is 0 Å². The molecule has 1 aromatic heterocycles. The maximum absolute atomic E-state index is 5.00. The van der Waals surface area contributed by atoms with Crippen molar-refractivity contribution in [3.8, 4) is 0 Å². The normalized spacial score (nSPS) is 19.9. The third-order valence-electron chi connectivity index (χ3n) is 5.47. The molecule has 6 heteroatoms. The minimum Gasteiger partial charge on any atom is -0.357 e. The summed E-state index contributed by atoms with van der Waals surface area (Å²) in [5.41, 5.74) is 2.99. The zero-order valence-electron chi connectivity index (χ0n) is 16.0. The van der Waals surface area contributed by atoms with Crippen molar-refractivity contribution in [1.82, 2.24) is 20.2 Å². The largest absolute Gasteiger partial charge is 0.357 e. The van der Waals surface area contributed by atoms with Crippen LogP contribution in [0.1, 0.15) is 30.4 Å². The Morgan fingerprint density at radius 3 is 2.67 bits per heavy atom. The monoisotopic (exact) mass is 364 g/mol. The first-order chi connectivity index (χ1) is 13.3. The van der Waals surface area contributed by atoms with Crippen LogP contribution < -0.4 is 10.2 Å². The molecule has 1 fully saturated rings. The molecule has 1 aliphatic carbocycles. The second-order valence-electron chi connectivity index (χ2n) is 7.15. The number of aryl methyl sites for hydroxylation is 1. The van der Waals surface area contributed by atoms with Crippen LogP contribution in [0.4, 0.5) is 5.95 Å². The van der Waals surface area contributed by atoms with Gasteiger partial charge in [-0.05, 0) is 37.0 Å². The van der Waals surface area contributed by atoms with Crippen LogP contribution in [0.5, 0.6) is 0 Å². The molecule has 27 heavy (non-hydrogen) atoms. The highest BCUT2D eigenvalue weighted by Crippen LogP contribution is 2.32. The van der Waals surface area contributed by atoms with Gasteiger partial charge in [-0.1, -0.05) is 24.3 Å². The molecule has 1 aliphatic heterocycles. The molecule has 1 unspecified atom stereocenters. The van der Waals surface area contributed by atoms with Gasteiger partial charge < -0.3 is 15.1 Å². The van der Waals surface area contributed by atoms with Crippen LogP contribution in [0, 0.1) is 0 Å².